The largest absolute Gasteiger partial charge is 0.392 e. The Morgan fingerprint density at radius 2 is 2.10 bits per heavy atom. The van der Waals surface area contributed by atoms with Gasteiger partial charge in [-0.2, -0.15) is 4.31 Å². The van der Waals surface area contributed by atoms with Crippen LogP contribution in [-0.2, 0) is 16.6 Å². The highest BCUT2D eigenvalue weighted by Crippen LogP contribution is 2.25. The van der Waals surface area contributed by atoms with Crippen molar-refractivity contribution in [1.82, 2.24) is 9.21 Å². The third-order valence-corrected chi connectivity index (χ3v) is 7.12. The quantitative estimate of drug-likeness (QED) is 0.886. The van der Waals surface area contributed by atoms with Crippen LogP contribution >= 0.6 is 11.3 Å². The van der Waals surface area contributed by atoms with Gasteiger partial charge in [0.2, 0.25) is 0 Å². The Morgan fingerprint density at radius 1 is 1.45 bits per heavy atom. The van der Waals surface area contributed by atoms with E-state index in [1.165, 1.54) is 15.6 Å². The molecule has 0 bridgehead atoms. The van der Waals surface area contributed by atoms with Crippen molar-refractivity contribution in [3.8, 4) is 0 Å². The molecule has 114 valence electrons. The maximum absolute atomic E-state index is 12.4. The van der Waals surface area contributed by atoms with Gasteiger partial charge < -0.3 is 10.0 Å². The maximum atomic E-state index is 12.4. The SMILES string of the molecule is CN1CCC(CN(C)S(=O)(=O)c2cc(CO)cs2)CC1. The number of hydrogen-bond acceptors (Lipinski definition) is 5. The number of aliphatic hydroxyl groups excluding tert-OH is 1. The lowest BCUT2D eigenvalue weighted by Crippen LogP contribution is -2.37. The van der Waals surface area contributed by atoms with Crippen molar-refractivity contribution in [1.29, 1.82) is 0 Å². The van der Waals surface area contributed by atoms with Crippen LogP contribution in [0.3, 0.4) is 0 Å². The van der Waals surface area contributed by atoms with Crippen LogP contribution in [-0.4, -0.2) is 56.5 Å². The Balaban J connectivity index is 2.01. The number of rotatable bonds is 5. The van der Waals surface area contributed by atoms with Gasteiger partial charge in [-0.1, -0.05) is 0 Å². The van der Waals surface area contributed by atoms with E-state index < -0.39 is 10.0 Å². The van der Waals surface area contributed by atoms with Gasteiger partial charge in [0.1, 0.15) is 4.21 Å². The lowest BCUT2D eigenvalue weighted by Gasteiger charge is -2.31. The average Bonchev–Trinajstić information content (AvgIpc) is 2.90. The van der Waals surface area contributed by atoms with Crippen molar-refractivity contribution in [2.24, 2.45) is 5.92 Å². The maximum Gasteiger partial charge on any atom is 0.252 e. The van der Waals surface area contributed by atoms with Gasteiger partial charge >= 0.3 is 0 Å². The molecule has 0 aliphatic carbocycles. The van der Waals surface area contributed by atoms with E-state index in [0.717, 1.165) is 25.9 Å². The van der Waals surface area contributed by atoms with Crippen LogP contribution in [0.1, 0.15) is 18.4 Å². The van der Waals surface area contributed by atoms with Crippen LogP contribution in [0.2, 0.25) is 0 Å². The van der Waals surface area contributed by atoms with Gasteiger partial charge in [-0.05, 0) is 55.9 Å². The second kappa shape index (κ2) is 6.53. The fourth-order valence-electron chi connectivity index (χ4n) is 2.43. The van der Waals surface area contributed by atoms with E-state index in [0.29, 0.717) is 22.2 Å². The summed E-state index contributed by atoms with van der Waals surface area (Å²) >= 11 is 1.17. The van der Waals surface area contributed by atoms with E-state index in [4.69, 9.17) is 5.11 Å². The lowest BCUT2D eigenvalue weighted by molar-refractivity contribution is 0.202. The third kappa shape index (κ3) is 3.59. The van der Waals surface area contributed by atoms with E-state index in [9.17, 15) is 8.42 Å². The van der Waals surface area contributed by atoms with Crippen molar-refractivity contribution in [3.05, 3.63) is 17.0 Å². The van der Waals surface area contributed by atoms with Gasteiger partial charge in [0, 0.05) is 13.6 Å². The van der Waals surface area contributed by atoms with Crippen LogP contribution in [0, 0.1) is 5.92 Å². The van der Waals surface area contributed by atoms with Gasteiger partial charge in [-0.25, -0.2) is 8.42 Å². The zero-order chi connectivity index (χ0) is 14.8. The molecule has 1 aliphatic rings. The number of thiophene rings is 1. The minimum absolute atomic E-state index is 0.120. The number of nitrogens with zero attached hydrogens (tertiary/aromatic N) is 2. The summed E-state index contributed by atoms with van der Waals surface area (Å²) in [4.78, 5) is 2.28. The van der Waals surface area contributed by atoms with Crippen LogP contribution in [0.5, 0.6) is 0 Å². The number of piperidine rings is 1. The minimum Gasteiger partial charge on any atom is -0.392 e. The molecule has 5 nitrogen and oxygen atoms in total. The Morgan fingerprint density at radius 3 is 2.65 bits per heavy atom. The first-order chi connectivity index (χ1) is 9.43. The fourth-order valence-corrected chi connectivity index (χ4v) is 5.09. The van der Waals surface area contributed by atoms with Crippen LogP contribution in [0.25, 0.3) is 0 Å². The molecule has 2 rings (SSSR count). The molecule has 0 amide bonds. The summed E-state index contributed by atoms with van der Waals surface area (Å²) in [6.45, 7) is 2.52. The van der Waals surface area contributed by atoms with E-state index in [-0.39, 0.29) is 6.61 Å². The number of sulfonamides is 1. The molecule has 1 fully saturated rings. The van der Waals surface area contributed by atoms with Gasteiger partial charge in [0.15, 0.2) is 0 Å². The summed E-state index contributed by atoms with van der Waals surface area (Å²) in [6, 6.07) is 1.56. The van der Waals surface area contributed by atoms with Crippen molar-refractivity contribution >= 4 is 21.4 Å². The molecule has 1 N–H and O–H groups in total. The van der Waals surface area contributed by atoms with Gasteiger partial charge in [-0.3, -0.25) is 0 Å². The number of aliphatic hydroxyl groups is 1. The molecule has 0 atom stereocenters. The third-order valence-electron chi connectivity index (χ3n) is 3.83. The molecule has 20 heavy (non-hydrogen) atoms. The molecule has 2 heterocycles. The van der Waals surface area contributed by atoms with Crippen molar-refractivity contribution in [3.63, 3.8) is 0 Å². The minimum atomic E-state index is -3.41. The van der Waals surface area contributed by atoms with Crippen molar-refractivity contribution in [2.75, 3.05) is 33.7 Å². The molecule has 7 heteroatoms. The molecular weight excluding hydrogens is 296 g/mol. The van der Waals surface area contributed by atoms with Crippen molar-refractivity contribution < 1.29 is 13.5 Å². The van der Waals surface area contributed by atoms with Gasteiger partial charge in [0.25, 0.3) is 10.0 Å². The normalized spacial score (nSPS) is 18.8. The highest BCUT2D eigenvalue weighted by molar-refractivity contribution is 7.91. The summed E-state index contributed by atoms with van der Waals surface area (Å²) in [7, 11) is 0.327. The molecule has 1 aromatic heterocycles. The standard InChI is InChI=1S/C13H22N2O3S2/c1-14-5-3-11(4-6-14)8-15(2)20(17,18)13-7-12(9-16)10-19-13/h7,10-11,16H,3-6,8-9H2,1-2H3. The highest BCUT2D eigenvalue weighted by atomic mass is 32.2. The summed E-state index contributed by atoms with van der Waals surface area (Å²) in [5.41, 5.74) is 0.654. The lowest BCUT2D eigenvalue weighted by atomic mass is 9.97. The second-order valence-electron chi connectivity index (χ2n) is 5.46. The molecular formula is C13H22N2O3S2. The number of likely N-dealkylation sites (tertiary alicyclic amines) is 1. The van der Waals surface area contributed by atoms with E-state index in [2.05, 4.69) is 11.9 Å². The molecule has 0 unspecified atom stereocenters. The summed E-state index contributed by atoms with van der Waals surface area (Å²) in [5, 5.41) is 10.7. The predicted molar refractivity (Wildman–Crippen MR) is 80.3 cm³/mol. The Labute approximate surface area is 124 Å². The number of hydrogen-bond donors (Lipinski definition) is 1. The molecule has 0 aromatic carbocycles. The van der Waals surface area contributed by atoms with E-state index in [1.54, 1.807) is 18.5 Å². The average molecular weight is 318 g/mol. The highest BCUT2D eigenvalue weighted by Gasteiger charge is 2.26. The fraction of sp³-hybridized carbons (Fsp3) is 0.692. The first-order valence-corrected chi connectivity index (χ1v) is 9.08. The molecule has 0 radical (unpaired) electrons. The molecule has 1 aromatic rings. The van der Waals surface area contributed by atoms with Gasteiger partial charge in [0.05, 0.1) is 6.61 Å². The smallest absolute Gasteiger partial charge is 0.252 e. The van der Waals surface area contributed by atoms with E-state index in [1.807, 2.05) is 0 Å². The van der Waals surface area contributed by atoms with E-state index >= 15 is 0 Å². The summed E-state index contributed by atoms with van der Waals surface area (Å²) in [6.07, 6.45) is 2.09. The Kier molecular flexibility index (Phi) is 5.19. The zero-order valence-corrected chi connectivity index (χ0v) is 13.6. The Hall–Kier alpha value is -0.470. The van der Waals surface area contributed by atoms with Gasteiger partial charge in [-0.15, -0.1) is 11.3 Å². The summed E-state index contributed by atoms with van der Waals surface area (Å²) in [5.74, 6) is 0.434. The second-order valence-corrected chi connectivity index (χ2v) is 8.65. The topological polar surface area (TPSA) is 60.9 Å². The van der Waals surface area contributed by atoms with Crippen LogP contribution in [0.4, 0.5) is 0 Å². The summed E-state index contributed by atoms with van der Waals surface area (Å²) < 4.78 is 26.7. The Bertz CT molecular complexity index is 534. The predicted octanol–water partition coefficient (Wildman–Crippen LogP) is 1.20. The first-order valence-electron chi connectivity index (χ1n) is 6.76. The molecule has 0 saturated carbocycles. The molecule has 1 saturated heterocycles. The molecule has 0 spiro atoms. The van der Waals surface area contributed by atoms with Crippen LogP contribution < -0.4 is 0 Å². The molecule has 1 aliphatic heterocycles. The van der Waals surface area contributed by atoms with Crippen LogP contribution in [0.15, 0.2) is 15.7 Å². The van der Waals surface area contributed by atoms with Crippen molar-refractivity contribution in [2.45, 2.75) is 23.7 Å². The first kappa shape index (κ1) is 15.9. The zero-order valence-electron chi connectivity index (χ0n) is 11.9. The monoisotopic (exact) mass is 318 g/mol.